The Morgan fingerprint density at radius 1 is 0.750 bits per heavy atom. The molecule has 1 saturated carbocycles. The smallest absolute Gasteiger partial charge is 0.128 e. The number of nitrogens with zero attached hydrogens (tertiary/aromatic N) is 4. The van der Waals surface area contributed by atoms with Crippen molar-refractivity contribution >= 4 is 11.5 Å². The minimum atomic E-state index is 0.360. The maximum absolute atomic E-state index is 4.98. The third-order valence-electron chi connectivity index (χ3n) is 10.4. The summed E-state index contributed by atoms with van der Waals surface area (Å²) in [7, 11) is 0. The summed E-state index contributed by atoms with van der Waals surface area (Å²) in [5.74, 6) is 1.20. The summed E-state index contributed by atoms with van der Waals surface area (Å²) in [6, 6.07) is 16.5. The van der Waals surface area contributed by atoms with E-state index in [2.05, 4.69) is 70.3 Å². The van der Waals surface area contributed by atoms with Crippen LogP contribution in [0, 0.1) is 10.8 Å². The topological polar surface area (TPSA) is 22.6 Å². The molecule has 4 fully saturated rings. The van der Waals surface area contributed by atoms with Gasteiger partial charge in [0.25, 0.3) is 0 Å². The Labute approximate surface area is 219 Å². The van der Waals surface area contributed by atoms with E-state index >= 15 is 0 Å². The largest absolute Gasteiger partial charge is 0.372 e. The first-order valence-corrected chi connectivity index (χ1v) is 14.8. The fraction of sp³-hybridized carbons (Fsp3) is 0.656. The van der Waals surface area contributed by atoms with Crippen LogP contribution in [0.25, 0.3) is 0 Å². The van der Waals surface area contributed by atoms with Gasteiger partial charge >= 0.3 is 0 Å². The number of piperidine rings is 2. The van der Waals surface area contributed by atoms with Gasteiger partial charge in [0.2, 0.25) is 0 Å². The lowest BCUT2D eigenvalue weighted by molar-refractivity contribution is 0.0305. The highest BCUT2D eigenvalue weighted by atomic mass is 15.2. The predicted octanol–water partition coefficient (Wildman–Crippen LogP) is 6.56. The van der Waals surface area contributed by atoms with E-state index in [4.69, 9.17) is 4.98 Å². The summed E-state index contributed by atoms with van der Waals surface area (Å²) >= 11 is 0. The van der Waals surface area contributed by atoms with Crippen molar-refractivity contribution in [3.8, 4) is 0 Å². The summed E-state index contributed by atoms with van der Waals surface area (Å²) in [5.41, 5.74) is 3.75. The number of rotatable bonds is 5. The second-order valence-electron chi connectivity index (χ2n) is 12.8. The number of pyridine rings is 1. The number of benzene rings is 1. The first kappa shape index (κ1) is 24.3. The van der Waals surface area contributed by atoms with E-state index in [0.717, 1.165) is 19.0 Å². The number of para-hydroxylation sites is 1. The molecule has 1 spiro atoms. The molecule has 4 aliphatic rings. The highest BCUT2D eigenvalue weighted by Crippen LogP contribution is 2.43. The third-order valence-corrected chi connectivity index (χ3v) is 10.4. The summed E-state index contributed by atoms with van der Waals surface area (Å²) in [6.07, 6.45) is 17.0. The zero-order chi connectivity index (χ0) is 24.4. The van der Waals surface area contributed by atoms with Gasteiger partial charge in [-0.2, -0.15) is 0 Å². The Balaban J connectivity index is 1.00. The monoisotopic (exact) mass is 486 g/mol. The summed E-state index contributed by atoms with van der Waals surface area (Å²) < 4.78 is 0. The van der Waals surface area contributed by atoms with Crippen LogP contribution in [0.3, 0.4) is 0 Å². The van der Waals surface area contributed by atoms with E-state index in [9.17, 15) is 0 Å². The molecule has 36 heavy (non-hydrogen) atoms. The average Bonchev–Trinajstić information content (AvgIpc) is 3.08. The lowest BCUT2D eigenvalue weighted by Crippen LogP contribution is -2.51. The van der Waals surface area contributed by atoms with Crippen LogP contribution in [0.1, 0.15) is 76.7 Å². The normalized spacial score (nSPS) is 27.6. The Morgan fingerprint density at radius 2 is 1.47 bits per heavy atom. The molecule has 1 aromatic heterocycles. The minimum Gasteiger partial charge on any atom is -0.372 e. The third kappa shape index (κ3) is 5.30. The molecule has 0 amide bonds. The zero-order valence-corrected chi connectivity index (χ0v) is 22.5. The molecule has 1 aliphatic carbocycles. The molecule has 194 valence electrons. The molecule has 4 nitrogen and oxygen atoms in total. The van der Waals surface area contributed by atoms with E-state index in [1.54, 1.807) is 0 Å². The molecular weight excluding hydrogens is 440 g/mol. The summed E-state index contributed by atoms with van der Waals surface area (Å²) in [4.78, 5) is 12.9. The van der Waals surface area contributed by atoms with Crippen LogP contribution in [-0.2, 0) is 6.42 Å². The fourth-order valence-electron chi connectivity index (χ4n) is 7.44. The predicted molar refractivity (Wildman–Crippen MR) is 151 cm³/mol. The van der Waals surface area contributed by atoms with Crippen LogP contribution in [0.2, 0.25) is 0 Å². The minimum absolute atomic E-state index is 0.360. The Kier molecular flexibility index (Phi) is 6.99. The van der Waals surface area contributed by atoms with Crippen molar-refractivity contribution in [2.24, 2.45) is 10.8 Å². The molecule has 2 aromatic rings. The molecule has 1 unspecified atom stereocenters. The number of likely N-dealkylation sites (tertiary alicyclic amines) is 1. The van der Waals surface area contributed by atoms with Gasteiger partial charge in [0.1, 0.15) is 5.82 Å². The zero-order valence-electron chi connectivity index (χ0n) is 22.5. The van der Waals surface area contributed by atoms with Gasteiger partial charge in [0.15, 0.2) is 0 Å². The molecule has 0 N–H and O–H groups in total. The molecular formula is C32H46N4. The van der Waals surface area contributed by atoms with Crippen molar-refractivity contribution in [1.82, 2.24) is 9.88 Å². The summed E-state index contributed by atoms with van der Waals surface area (Å²) in [5, 5.41) is 0. The van der Waals surface area contributed by atoms with Crippen LogP contribution in [-0.4, -0.2) is 55.2 Å². The molecule has 3 aliphatic heterocycles. The van der Waals surface area contributed by atoms with E-state index in [0.29, 0.717) is 10.8 Å². The molecule has 1 atom stereocenters. The molecule has 4 heteroatoms. The van der Waals surface area contributed by atoms with Crippen LogP contribution in [0.5, 0.6) is 0 Å². The van der Waals surface area contributed by atoms with E-state index in [1.807, 2.05) is 0 Å². The Morgan fingerprint density at radius 3 is 2.14 bits per heavy atom. The molecule has 3 saturated heterocycles. The van der Waals surface area contributed by atoms with Gasteiger partial charge in [-0.15, -0.1) is 0 Å². The lowest BCUT2D eigenvalue weighted by atomic mass is 9.70. The second-order valence-corrected chi connectivity index (χ2v) is 12.8. The van der Waals surface area contributed by atoms with Crippen LogP contribution in [0.15, 0.2) is 48.7 Å². The van der Waals surface area contributed by atoms with Crippen LogP contribution in [0.4, 0.5) is 11.5 Å². The second kappa shape index (κ2) is 10.4. The van der Waals surface area contributed by atoms with Gasteiger partial charge in [0.05, 0.1) is 0 Å². The SMILES string of the molecule is CC1(Cc2ccc(N3CCC4(CC3)CCN(C3CCC3)CC4)nc2)CCCN(c2ccccc2)CC1. The first-order chi connectivity index (χ1) is 17.6. The average molecular weight is 487 g/mol. The molecule has 6 rings (SSSR count). The maximum atomic E-state index is 4.98. The van der Waals surface area contributed by atoms with Gasteiger partial charge in [-0.3, -0.25) is 0 Å². The van der Waals surface area contributed by atoms with Gasteiger partial charge in [0, 0.05) is 44.1 Å². The number of aromatic nitrogens is 1. The van der Waals surface area contributed by atoms with Crippen molar-refractivity contribution in [3.05, 3.63) is 54.2 Å². The van der Waals surface area contributed by atoms with Crippen LogP contribution < -0.4 is 9.80 Å². The van der Waals surface area contributed by atoms with Gasteiger partial charge < -0.3 is 14.7 Å². The number of hydrogen-bond donors (Lipinski definition) is 0. The summed E-state index contributed by atoms with van der Waals surface area (Å²) in [6.45, 7) is 9.88. The standard InChI is InChI=1S/C32H46N4/c1-31(13-6-19-34(20-14-31)28-7-3-2-4-8-28)25-27-11-12-30(33-26-27)36-23-17-32(18-24-36)15-21-35(22-16-32)29-9-5-10-29/h2-4,7-8,11-12,26,29H,5-6,9-10,13-25H2,1H3. The van der Waals surface area contributed by atoms with Crippen molar-refractivity contribution in [2.45, 2.75) is 83.6 Å². The van der Waals surface area contributed by atoms with E-state index in [-0.39, 0.29) is 0 Å². The lowest BCUT2D eigenvalue weighted by Gasteiger charge is -2.50. The molecule has 0 bridgehead atoms. The quantitative estimate of drug-likeness (QED) is 0.477. The number of anilines is 2. The van der Waals surface area contributed by atoms with Crippen molar-refractivity contribution < 1.29 is 0 Å². The van der Waals surface area contributed by atoms with Gasteiger partial charge in [-0.05, 0) is 112 Å². The van der Waals surface area contributed by atoms with Gasteiger partial charge in [-0.25, -0.2) is 4.98 Å². The van der Waals surface area contributed by atoms with Crippen LogP contribution >= 0.6 is 0 Å². The van der Waals surface area contributed by atoms with Crippen molar-refractivity contribution in [1.29, 1.82) is 0 Å². The molecule has 4 heterocycles. The first-order valence-electron chi connectivity index (χ1n) is 14.8. The van der Waals surface area contributed by atoms with E-state index < -0.39 is 0 Å². The van der Waals surface area contributed by atoms with Crippen molar-refractivity contribution in [3.63, 3.8) is 0 Å². The van der Waals surface area contributed by atoms with E-state index in [1.165, 1.54) is 114 Å². The molecule has 0 radical (unpaired) electrons. The Hall–Kier alpha value is -2.07. The maximum Gasteiger partial charge on any atom is 0.128 e. The van der Waals surface area contributed by atoms with Gasteiger partial charge in [-0.1, -0.05) is 37.6 Å². The highest BCUT2D eigenvalue weighted by molar-refractivity contribution is 5.46. The van der Waals surface area contributed by atoms with Crippen molar-refractivity contribution in [2.75, 3.05) is 49.1 Å². The Bertz CT molecular complexity index is 967. The number of hydrogen-bond acceptors (Lipinski definition) is 4. The molecule has 1 aromatic carbocycles. The fourth-order valence-corrected chi connectivity index (χ4v) is 7.44. The highest BCUT2D eigenvalue weighted by Gasteiger charge is 2.40.